The largest absolute Gasteiger partial charge is 0.508 e. The highest BCUT2D eigenvalue weighted by molar-refractivity contribution is 5.99. The van der Waals surface area contributed by atoms with Crippen molar-refractivity contribution in [1.29, 1.82) is 0 Å². The maximum absolute atomic E-state index is 12.9. The molecule has 256 valence electrons. The lowest BCUT2D eigenvalue weighted by Crippen LogP contribution is -2.47. The third-order valence-electron chi connectivity index (χ3n) is 8.45. The van der Waals surface area contributed by atoms with Crippen LogP contribution in [0.5, 0.6) is 5.75 Å². The van der Waals surface area contributed by atoms with Crippen LogP contribution >= 0.6 is 0 Å². The molecule has 1 aromatic heterocycles. The minimum Gasteiger partial charge on any atom is -0.508 e. The van der Waals surface area contributed by atoms with E-state index in [-0.39, 0.29) is 39.8 Å². The second kappa shape index (κ2) is 15.3. The number of carboxylic acid groups (broad SMARTS) is 4. The summed E-state index contributed by atoms with van der Waals surface area (Å²) in [5.41, 5.74) is 4.87. The fraction of sp³-hybridized carbons (Fsp3) is 0.250. The van der Waals surface area contributed by atoms with E-state index in [2.05, 4.69) is 61.3 Å². The van der Waals surface area contributed by atoms with Gasteiger partial charge in [0.1, 0.15) is 5.75 Å². The molecule has 49 heavy (non-hydrogen) atoms. The normalized spacial score (nSPS) is 16.1. The van der Waals surface area contributed by atoms with Crippen LogP contribution in [0.25, 0.3) is 16.5 Å². The summed E-state index contributed by atoms with van der Waals surface area (Å²) in [6.45, 7) is 6.47. The average molecular weight is 672 g/mol. The van der Waals surface area contributed by atoms with E-state index in [0.29, 0.717) is 6.04 Å². The number of aromatic amines is 1. The molecule has 1 aliphatic heterocycles. The average Bonchev–Trinajstić information content (AvgIpc) is 3.50. The van der Waals surface area contributed by atoms with Crippen molar-refractivity contribution in [2.75, 3.05) is 26.7 Å². The molecular weight excluding hydrogens is 634 g/mol. The second-order valence-corrected chi connectivity index (χ2v) is 11.5. The number of carbonyl (C=O) groups excluding carboxylic acids is 1. The number of aromatic carboxylic acids is 4. The number of H-pyrrole nitrogens is 1. The predicted molar refractivity (Wildman–Crippen MR) is 180 cm³/mol. The number of aromatic hydroxyl groups is 1. The van der Waals surface area contributed by atoms with Gasteiger partial charge in [-0.15, -0.1) is 0 Å². The third kappa shape index (κ3) is 8.14. The van der Waals surface area contributed by atoms with Crippen LogP contribution < -0.4 is 0 Å². The number of aromatic nitrogens is 1. The first-order chi connectivity index (χ1) is 23.2. The highest BCUT2D eigenvalue weighted by Gasteiger charge is 2.36. The molecule has 0 saturated carbocycles. The first kappa shape index (κ1) is 35.9. The van der Waals surface area contributed by atoms with Crippen LogP contribution in [0.4, 0.5) is 0 Å². The van der Waals surface area contributed by atoms with Crippen molar-refractivity contribution in [3.63, 3.8) is 0 Å². The minimum absolute atomic E-state index is 0.0445. The van der Waals surface area contributed by atoms with Crippen molar-refractivity contribution >= 4 is 46.3 Å². The summed E-state index contributed by atoms with van der Waals surface area (Å²) in [5, 5.41) is 44.3. The molecule has 0 fully saturated rings. The maximum atomic E-state index is 12.9. The number of hydrogen-bond acceptors (Lipinski definition) is 7. The number of phenols is 1. The predicted octanol–water partition coefficient (Wildman–Crippen LogP) is 4.78. The van der Waals surface area contributed by atoms with Gasteiger partial charge in [-0.3, -0.25) is 9.69 Å². The number of fused-ring (bicyclic) bond motifs is 2. The molecule has 0 unspecified atom stereocenters. The molecule has 2 aliphatic rings. The van der Waals surface area contributed by atoms with Gasteiger partial charge in [-0.25, -0.2) is 19.2 Å². The molecule has 1 amide bonds. The van der Waals surface area contributed by atoms with E-state index in [4.69, 9.17) is 25.5 Å². The Labute approximate surface area is 281 Å². The van der Waals surface area contributed by atoms with Gasteiger partial charge < -0.3 is 35.4 Å². The zero-order chi connectivity index (χ0) is 36.0. The Morgan fingerprint density at radius 2 is 1.33 bits per heavy atom. The maximum Gasteiger partial charge on any atom is 0.335 e. The quantitative estimate of drug-likeness (QED) is 0.158. The van der Waals surface area contributed by atoms with Gasteiger partial charge in [0, 0.05) is 42.8 Å². The molecule has 0 saturated heterocycles. The van der Waals surface area contributed by atoms with Gasteiger partial charge in [0.25, 0.3) is 0 Å². The van der Waals surface area contributed by atoms with Crippen molar-refractivity contribution < 1.29 is 49.5 Å². The van der Waals surface area contributed by atoms with Crippen LogP contribution in [0.2, 0.25) is 0 Å². The Kier molecular flexibility index (Phi) is 11.2. The van der Waals surface area contributed by atoms with Gasteiger partial charge in [0.2, 0.25) is 5.91 Å². The third-order valence-corrected chi connectivity index (χ3v) is 8.45. The molecular formula is C36H37N3O10. The van der Waals surface area contributed by atoms with Crippen LogP contribution in [0.15, 0.2) is 72.9 Å². The zero-order valence-corrected chi connectivity index (χ0v) is 27.1. The second-order valence-electron chi connectivity index (χ2n) is 11.5. The molecule has 6 N–H and O–H groups in total. The first-order valence-corrected chi connectivity index (χ1v) is 15.4. The van der Waals surface area contributed by atoms with Crippen LogP contribution in [0.3, 0.4) is 0 Å². The number of benzene rings is 3. The number of likely N-dealkylation sites (N-methyl/N-ethyl adjacent to an activating group) is 1. The number of rotatable bonds is 7. The van der Waals surface area contributed by atoms with Gasteiger partial charge >= 0.3 is 23.9 Å². The summed E-state index contributed by atoms with van der Waals surface area (Å²) in [6.07, 6.45) is 5.41. The molecule has 0 spiro atoms. The molecule has 1 aliphatic carbocycles. The van der Waals surface area contributed by atoms with Crippen molar-refractivity contribution in [3.05, 3.63) is 106 Å². The smallest absolute Gasteiger partial charge is 0.335 e. The van der Waals surface area contributed by atoms with E-state index in [1.807, 2.05) is 4.90 Å². The van der Waals surface area contributed by atoms with E-state index in [9.17, 15) is 24.0 Å². The Hall–Kier alpha value is -5.95. The Balaban J connectivity index is 0.000000184. The van der Waals surface area contributed by atoms with E-state index in [1.165, 1.54) is 51.9 Å². The van der Waals surface area contributed by atoms with Crippen LogP contribution in [-0.2, 0) is 11.2 Å². The SMILES string of the molecule is CCN(CC)C(=O)[C@@H]1C=C2c3cccc4[nH]cc(c34)C[C@H]2N(C)C1.O=C(O)c1cc(O)cc(C(=O)O)c1.O=C(O)c1ccc(C(=O)O)cc1. The Bertz CT molecular complexity index is 1860. The molecule has 0 bridgehead atoms. The summed E-state index contributed by atoms with van der Waals surface area (Å²) in [7, 11) is 2.15. The number of carboxylic acids is 4. The summed E-state index contributed by atoms with van der Waals surface area (Å²) in [4.78, 5) is 62.1. The molecule has 13 heteroatoms. The van der Waals surface area contributed by atoms with Crippen LogP contribution in [0.1, 0.15) is 66.4 Å². The van der Waals surface area contributed by atoms with Crippen molar-refractivity contribution in [2.24, 2.45) is 5.92 Å². The fourth-order valence-electron chi connectivity index (χ4n) is 5.99. The van der Waals surface area contributed by atoms with E-state index in [0.717, 1.165) is 44.3 Å². The number of nitrogens with one attached hydrogen (secondary N) is 1. The van der Waals surface area contributed by atoms with Gasteiger partial charge in [-0.2, -0.15) is 0 Å². The topological polar surface area (TPSA) is 209 Å². The number of phenolic OH excluding ortho intramolecular Hbond substituents is 1. The Morgan fingerprint density at radius 1 is 0.796 bits per heavy atom. The van der Waals surface area contributed by atoms with Gasteiger partial charge in [0.15, 0.2) is 0 Å². The van der Waals surface area contributed by atoms with Crippen molar-refractivity contribution in [2.45, 2.75) is 26.3 Å². The van der Waals surface area contributed by atoms with Crippen LogP contribution in [-0.4, -0.2) is 103 Å². The van der Waals surface area contributed by atoms with E-state index in [1.54, 1.807) is 0 Å². The number of amides is 1. The monoisotopic (exact) mass is 671 g/mol. The highest BCUT2D eigenvalue weighted by Crippen LogP contribution is 2.41. The molecule has 3 aromatic carbocycles. The van der Waals surface area contributed by atoms with E-state index < -0.39 is 23.9 Å². The molecule has 2 heterocycles. The number of hydrogen-bond donors (Lipinski definition) is 6. The highest BCUT2D eigenvalue weighted by atomic mass is 16.4. The molecule has 0 radical (unpaired) electrons. The summed E-state index contributed by atoms with van der Waals surface area (Å²) in [6, 6.07) is 14.8. The molecule has 13 nitrogen and oxygen atoms in total. The lowest BCUT2D eigenvalue weighted by atomic mass is 9.79. The van der Waals surface area contributed by atoms with Gasteiger partial charge in [0.05, 0.1) is 28.2 Å². The summed E-state index contributed by atoms with van der Waals surface area (Å²) >= 11 is 0. The minimum atomic E-state index is -1.28. The molecule has 2 atom stereocenters. The summed E-state index contributed by atoms with van der Waals surface area (Å²) in [5.74, 6) is -4.85. The zero-order valence-electron chi connectivity index (χ0n) is 27.1. The molecule has 6 rings (SSSR count). The fourth-order valence-corrected chi connectivity index (χ4v) is 5.99. The van der Waals surface area contributed by atoms with Crippen LogP contribution in [0, 0.1) is 5.92 Å². The van der Waals surface area contributed by atoms with Crippen molar-refractivity contribution in [1.82, 2.24) is 14.8 Å². The number of carbonyl (C=O) groups is 5. The lowest BCUT2D eigenvalue weighted by Gasteiger charge is -2.40. The number of nitrogens with zero attached hydrogens (tertiary/aromatic N) is 2. The first-order valence-electron chi connectivity index (χ1n) is 15.4. The lowest BCUT2D eigenvalue weighted by molar-refractivity contribution is -0.134. The Morgan fingerprint density at radius 3 is 1.82 bits per heavy atom. The van der Waals surface area contributed by atoms with Crippen molar-refractivity contribution in [3.8, 4) is 5.75 Å². The summed E-state index contributed by atoms with van der Waals surface area (Å²) < 4.78 is 0. The van der Waals surface area contributed by atoms with Gasteiger partial charge in [-0.05, 0) is 92.5 Å². The van der Waals surface area contributed by atoms with E-state index >= 15 is 0 Å². The van der Waals surface area contributed by atoms with Gasteiger partial charge in [-0.1, -0.05) is 18.2 Å². The standard InChI is InChI=1S/C20H25N3O.C8H6O5.C8H6O4/c1-4-23(5-2)20(24)14-9-16-15-7-6-8-17-19(15)13(11-21-17)10-18(16)22(3)12-14;9-6-2-4(7(10)11)1-5(3-6)8(12)13;9-7(10)5-1-2-6(4-3-5)8(11)12/h6-9,11,14,18,21H,4-5,10,12H2,1-3H3;1-3,9H,(H,10,11)(H,12,13);1-4H,(H,9,10)(H,11,12)/t14-,18-;;/m1../s1. The molecule has 4 aromatic rings.